The standard InChI is InChI=1S/C50H29N5/c1-52-33-25-27-40(49(29-33)55-47-24-11-5-17-38(47)41-19-12-13-32(31-51)50(41)55)37-16-4-9-22-45(37)54-46-23-10-6-18-39(46)42-30-34(26-28-48(42)54)53-43-20-7-2-14-35(43)36-15-3-8-21-44(36)53/h2-30H. The lowest BCUT2D eigenvalue weighted by atomic mass is 10.00. The molecular weight excluding hydrogens is 671 g/mol. The molecule has 3 aromatic heterocycles. The van der Waals surface area contributed by atoms with Gasteiger partial charge in [-0.05, 0) is 60.7 Å². The average Bonchev–Trinajstić information content (AvgIpc) is 3.89. The highest BCUT2D eigenvalue weighted by atomic mass is 15.0. The third-order valence-electron chi connectivity index (χ3n) is 11.1. The largest absolute Gasteiger partial charge is 0.309 e. The number of nitrogens with zero attached hydrogens (tertiary/aromatic N) is 5. The molecule has 0 spiro atoms. The topological polar surface area (TPSA) is 42.9 Å². The smallest absolute Gasteiger partial charge is 0.189 e. The Balaban J connectivity index is 1.19. The molecule has 0 aliphatic heterocycles. The predicted octanol–water partition coefficient (Wildman–Crippen LogP) is 13.1. The average molecular weight is 700 g/mol. The number of aromatic nitrogens is 3. The van der Waals surface area contributed by atoms with Crippen LogP contribution in [0.4, 0.5) is 5.69 Å². The van der Waals surface area contributed by atoms with Crippen LogP contribution in [0.3, 0.4) is 0 Å². The van der Waals surface area contributed by atoms with Crippen LogP contribution in [0.5, 0.6) is 0 Å². The lowest BCUT2D eigenvalue weighted by molar-refractivity contribution is 1.15. The van der Waals surface area contributed by atoms with E-state index < -0.39 is 0 Å². The summed E-state index contributed by atoms with van der Waals surface area (Å²) in [4.78, 5) is 3.86. The molecule has 5 heteroatoms. The quantitative estimate of drug-likeness (QED) is 0.169. The third-order valence-corrected chi connectivity index (χ3v) is 11.1. The van der Waals surface area contributed by atoms with Gasteiger partial charge in [0.25, 0.3) is 0 Å². The van der Waals surface area contributed by atoms with Gasteiger partial charge in [0.2, 0.25) is 0 Å². The predicted molar refractivity (Wildman–Crippen MR) is 226 cm³/mol. The van der Waals surface area contributed by atoms with E-state index in [1.165, 1.54) is 27.2 Å². The summed E-state index contributed by atoms with van der Waals surface area (Å²) in [6, 6.07) is 63.7. The fourth-order valence-corrected chi connectivity index (χ4v) is 8.82. The van der Waals surface area contributed by atoms with Gasteiger partial charge >= 0.3 is 0 Å². The lowest BCUT2D eigenvalue weighted by Crippen LogP contribution is -2.02. The van der Waals surface area contributed by atoms with Gasteiger partial charge in [0.05, 0.1) is 50.9 Å². The summed E-state index contributed by atoms with van der Waals surface area (Å²) in [5.74, 6) is 0. The van der Waals surface area contributed by atoms with Crippen LogP contribution >= 0.6 is 0 Å². The highest BCUT2D eigenvalue weighted by Crippen LogP contribution is 2.43. The molecule has 0 aliphatic carbocycles. The van der Waals surface area contributed by atoms with E-state index in [-0.39, 0.29) is 0 Å². The molecule has 0 unspecified atom stereocenters. The Kier molecular flexibility index (Phi) is 6.61. The second-order valence-electron chi connectivity index (χ2n) is 13.9. The maximum Gasteiger partial charge on any atom is 0.189 e. The minimum absolute atomic E-state index is 0.533. The summed E-state index contributed by atoms with van der Waals surface area (Å²) in [7, 11) is 0. The van der Waals surface area contributed by atoms with Crippen LogP contribution in [0.25, 0.3) is 98.5 Å². The Morgan fingerprint density at radius 1 is 0.418 bits per heavy atom. The monoisotopic (exact) mass is 699 g/mol. The van der Waals surface area contributed by atoms with Crippen molar-refractivity contribution in [2.75, 3.05) is 0 Å². The Morgan fingerprint density at radius 2 is 0.945 bits per heavy atom. The highest BCUT2D eigenvalue weighted by Gasteiger charge is 2.22. The van der Waals surface area contributed by atoms with E-state index in [9.17, 15) is 5.26 Å². The molecule has 8 aromatic carbocycles. The number of rotatable bonds is 4. The molecule has 0 aliphatic rings. The van der Waals surface area contributed by atoms with E-state index >= 15 is 0 Å². The van der Waals surface area contributed by atoms with Crippen molar-refractivity contribution >= 4 is 71.1 Å². The van der Waals surface area contributed by atoms with Crippen LogP contribution in [0, 0.1) is 17.9 Å². The molecule has 0 fully saturated rings. The number of nitriles is 1. The molecule has 3 heterocycles. The molecule has 0 saturated carbocycles. The zero-order valence-electron chi connectivity index (χ0n) is 29.5. The molecule has 0 saturated heterocycles. The minimum Gasteiger partial charge on any atom is -0.309 e. The van der Waals surface area contributed by atoms with Gasteiger partial charge in [-0.2, -0.15) is 5.26 Å². The third kappa shape index (κ3) is 4.39. The van der Waals surface area contributed by atoms with Gasteiger partial charge in [-0.15, -0.1) is 0 Å². The van der Waals surface area contributed by atoms with Crippen molar-refractivity contribution in [3.63, 3.8) is 0 Å². The Labute approximate surface area is 316 Å². The normalized spacial score (nSPS) is 11.6. The molecule has 5 nitrogen and oxygen atoms in total. The van der Waals surface area contributed by atoms with Crippen molar-refractivity contribution < 1.29 is 0 Å². The second kappa shape index (κ2) is 11.8. The first-order valence-corrected chi connectivity index (χ1v) is 18.3. The zero-order chi connectivity index (χ0) is 36.6. The fraction of sp³-hybridized carbons (Fsp3) is 0. The van der Waals surface area contributed by atoms with Crippen LogP contribution in [0.15, 0.2) is 176 Å². The number of hydrogen-bond donors (Lipinski definition) is 0. The van der Waals surface area contributed by atoms with Gasteiger partial charge in [-0.1, -0.05) is 115 Å². The van der Waals surface area contributed by atoms with Gasteiger partial charge < -0.3 is 13.7 Å². The number of fused-ring (bicyclic) bond motifs is 9. The first-order valence-electron chi connectivity index (χ1n) is 18.3. The Hall–Kier alpha value is -7.86. The van der Waals surface area contributed by atoms with E-state index in [1.54, 1.807) is 0 Å². The maximum absolute atomic E-state index is 10.4. The van der Waals surface area contributed by atoms with E-state index in [0.29, 0.717) is 11.3 Å². The first kappa shape index (κ1) is 30.7. The van der Waals surface area contributed by atoms with Crippen molar-refractivity contribution in [2.45, 2.75) is 0 Å². The molecule has 254 valence electrons. The van der Waals surface area contributed by atoms with Crippen molar-refractivity contribution in [3.8, 4) is 34.3 Å². The van der Waals surface area contributed by atoms with Crippen LogP contribution in [0.2, 0.25) is 0 Å². The molecular formula is C50H29N5. The summed E-state index contributed by atoms with van der Waals surface area (Å²) >= 11 is 0. The molecule has 11 aromatic rings. The zero-order valence-corrected chi connectivity index (χ0v) is 29.5. The molecule has 0 bridgehead atoms. The van der Waals surface area contributed by atoms with E-state index in [0.717, 1.165) is 66.4 Å². The lowest BCUT2D eigenvalue weighted by Gasteiger charge is -2.19. The molecule has 0 amide bonds. The number of benzene rings is 8. The van der Waals surface area contributed by atoms with E-state index in [2.05, 4.69) is 164 Å². The van der Waals surface area contributed by atoms with Gasteiger partial charge in [0, 0.05) is 54.8 Å². The molecule has 0 N–H and O–H groups in total. The highest BCUT2D eigenvalue weighted by molar-refractivity contribution is 6.14. The van der Waals surface area contributed by atoms with Gasteiger partial charge in [-0.3, -0.25) is 0 Å². The molecule has 0 atom stereocenters. The Morgan fingerprint density at radius 3 is 1.62 bits per heavy atom. The fourth-order valence-electron chi connectivity index (χ4n) is 8.82. The molecule has 11 rings (SSSR count). The van der Waals surface area contributed by atoms with Gasteiger partial charge in [0.15, 0.2) is 5.69 Å². The van der Waals surface area contributed by atoms with E-state index in [1.807, 2.05) is 36.4 Å². The number of hydrogen-bond acceptors (Lipinski definition) is 1. The van der Waals surface area contributed by atoms with Crippen molar-refractivity contribution in [3.05, 3.63) is 193 Å². The Bertz CT molecular complexity index is 3420. The summed E-state index contributed by atoms with van der Waals surface area (Å²) in [6.07, 6.45) is 0. The van der Waals surface area contributed by atoms with Crippen molar-refractivity contribution in [1.82, 2.24) is 13.7 Å². The maximum atomic E-state index is 10.4. The summed E-state index contributed by atoms with van der Waals surface area (Å²) in [5, 5.41) is 17.2. The summed E-state index contributed by atoms with van der Waals surface area (Å²) < 4.78 is 6.92. The molecule has 55 heavy (non-hydrogen) atoms. The first-order chi connectivity index (χ1) is 27.2. The van der Waals surface area contributed by atoms with Crippen molar-refractivity contribution in [2.24, 2.45) is 0 Å². The van der Waals surface area contributed by atoms with Crippen molar-refractivity contribution in [1.29, 1.82) is 5.26 Å². The SMILES string of the molecule is [C-]#[N+]c1ccc(-c2ccccc2-n2c3ccccc3c3cc(-n4c5ccccc5c5ccccc54)ccc32)c(-n2c3ccccc3c3cccc(C#N)c32)c1. The van der Waals surface area contributed by atoms with Crippen LogP contribution in [-0.4, -0.2) is 13.7 Å². The van der Waals surface area contributed by atoms with Crippen LogP contribution < -0.4 is 0 Å². The van der Waals surface area contributed by atoms with Crippen LogP contribution in [0.1, 0.15) is 5.56 Å². The number of para-hydroxylation sites is 6. The summed E-state index contributed by atoms with van der Waals surface area (Å²) in [5.41, 5.74) is 12.5. The minimum atomic E-state index is 0.533. The molecule has 0 radical (unpaired) electrons. The van der Waals surface area contributed by atoms with Crippen LogP contribution in [-0.2, 0) is 0 Å². The van der Waals surface area contributed by atoms with Gasteiger partial charge in [-0.25, -0.2) is 4.85 Å². The van der Waals surface area contributed by atoms with Gasteiger partial charge in [0.1, 0.15) is 6.07 Å². The summed E-state index contributed by atoms with van der Waals surface area (Å²) in [6.45, 7) is 8.00. The second-order valence-corrected chi connectivity index (χ2v) is 13.9. The van der Waals surface area contributed by atoms with E-state index in [4.69, 9.17) is 6.57 Å².